The molecule has 94 valence electrons. The van der Waals surface area contributed by atoms with Crippen molar-refractivity contribution < 1.29 is 14.7 Å². The van der Waals surface area contributed by atoms with Gasteiger partial charge in [-0.2, -0.15) is 0 Å². The van der Waals surface area contributed by atoms with E-state index in [1.54, 1.807) is 12.3 Å². The van der Waals surface area contributed by atoms with Gasteiger partial charge in [0.2, 0.25) is 5.88 Å². The smallest absolute Gasteiger partial charge is 0.213 e. The summed E-state index contributed by atoms with van der Waals surface area (Å²) in [6, 6.07) is 3.66. The van der Waals surface area contributed by atoms with Crippen molar-refractivity contribution in [1.82, 2.24) is 4.98 Å². The summed E-state index contributed by atoms with van der Waals surface area (Å²) >= 11 is 0. The van der Waals surface area contributed by atoms with Crippen LogP contribution in [0.4, 0.5) is 0 Å². The summed E-state index contributed by atoms with van der Waals surface area (Å²) in [5, 5.41) is 12.4. The molecule has 0 spiro atoms. The van der Waals surface area contributed by atoms with Crippen LogP contribution in [0, 0.1) is 0 Å². The van der Waals surface area contributed by atoms with Gasteiger partial charge in [0.15, 0.2) is 0 Å². The van der Waals surface area contributed by atoms with Crippen LogP contribution in [0.5, 0.6) is 5.88 Å². The lowest BCUT2D eigenvalue weighted by Gasteiger charge is -2.08. The van der Waals surface area contributed by atoms with Crippen molar-refractivity contribution >= 4 is 5.71 Å². The third kappa shape index (κ3) is 4.82. The van der Waals surface area contributed by atoms with Gasteiger partial charge in [0.25, 0.3) is 0 Å². The van der Waals surface area contributed by atoms with E-state index in [9.17, 15) is 0 Å². The van der Waals surface area contributed by atoms with E-state index >= 15 is 0 Å². The summed E-state index contributed by atoms with van der Waals surface area (Å²) in [6.07, 6.45) is 1.79. The molecule has 0 aromatic carbocycles. The minimum absolute atomic E-state index is 0.0454. The monoisotopic (exact) mass is 238 g/mol. The van der Waals surface area contributed by atoms with E-state index in [4.69, 9.17) is 14.7 Å². The first-order valence-electron chi connectivity index (χ1n) is 5.54. The summed E-state index contributed by atoms with van der Waals surface area (Å²) in [7, 11) is 0. The van der Waals surface area contributed by atoms with Gasteiger partial charge in [0, 0.05) is 17.8 Å². The highest BCUT2D eigenvalue weighted by Gasteiger charge is 2.02. The summed E-state index contributed by atoms with van der Waals surface area (Å²) in [5.74, 6) is 0.591. The van der Waals surface area contributed by atoms with E-state index in [0.717, 1.165) is 5.56 Å². The number of pyridine rings is 1. The minimum atomic E-state index is -0.0454. The van der Waals surface area contributed by atoms with Crippen molar-refractivity contribution in [2.45, 2.75) is 26.9 Å². The average molecular weight is 238 g/mol. The van der Waals surface area contributed by atoms with E-state index in [0.29, 0.717) is 11.6 Å². The van der Waals surface area contributed by atoms with E-state index in [2.05, 4.69) is 10.1 Å². The number of oxime groups is 1. The summed E-state index contributed by atoms with van der Waals surface area (Å²) in [6.45, 7) is 5.86. The number of aliphatic hydroxyl groups is 1. The van der Waals surface area contributed by atoms with Crippen LogP contribution in [-0.4, -0.2) is 35.1 Å². The van der Waals surface area contributed by atoms with Gasteiger partial charge in [-0.1, -0.05) is 5.16 Å². The number of rotatable bonds is 6. The molecular weight excluding hydrogens is 220 g/mol. The number of aliphatic hydroxyl groups excluding tert-OH is 1. The first-order valence-corrected chi connectivity index (χ1v) is 5.54. The Hall–Kier alpha value is -1.62. The van der Waals surface area contributed by atoms with Crippen LogP contribution < -0.4 is 4.74 Å². The maximum atomic E-state index is 8.55. The number of hydrogen-bond acceptors (Lipinski definition) is 5. The van der Waals surface area contributed by atoms with Crippen LogP contribution in [0.25, 0.3) is 0 Å². The van der Waals surface area contributed by atoms with Gasteiger partial charge in [0.1, 0.15) is 6.61 Å². The van der Waals surface area contributed by atoms with Crippen molar-refractivity contribution in [2.24, 2.45) is 5.16 Å². The largest absolute Gasteiger partial charge is 0.475 e. The lowest BCUT2D eigenvalue weighted by molar-refractivity contribution is 0.0986. The zero-order chi connectivity index (χ0) is 12.7. The van der Waals surface area contributed by atoms with Gasteiger partial charge < -0.3 is 14.7 Å². The molecule has 5 heteroatoms. The molecule has 0 atom stereocenters. The van der Waals surface area contributed by atoms with Gasteiger partial charge in [-0.15, -0.1) is 0 Å². The Morgan fingerprint density at radius 1 is 1.47 bits per heavy atom. The van der Waals surface area contributed by atoms with E-state index in [-0.39, 0.29) is 19.3 Å². The number of hydrogen-bond donors (Lipinski definition) is 1. The molecule has 0 aliphatic rings. The lowest BCUT2D eigenvalue weighted by Crippen LogP contribution is -2.07. The van der Waals surface area contributed by atoms with Crippen LogP contribution in [-0.2, 0) is 4.84 Å². The van der Waals surface area contributed by atoms with Crippen LogP contribution in [0.3, 0.4) is 0 Å². The van der Waals surface area contributed by atoms with E-state index in [1.807, 2.05) is 26.8 Å². The highest BCUT2D eigenvalue weighted by molar-refractivity contribution is 5.98. The summed E-state index contributed by atoms with van der Waals surface area (Å²) < 4.78 is 5.43. The molecule has 1 rings (SSSR count). The number of ether oxygens (including phenoxy) is 1. The molecule has 0 amide bonds. The van der Waals surface area contributed by atoms with Crippen LogP contribution in [0.15, 0.2) is 23.5 Å². The van der Waals surface area contributed by atoms with E-state index < -0.39 is 0 Å². The molecule has 0 fully saturated rings. The number of nitrogens with zero attached hydrogens (tertiary/aromatic N) is 2. The van der Waals surface area contributed by atoms with Crippen molar-refractivity contribution in [1.29, 1.82) is 0 Å². The predicted octanol–water partition coefficient (Wildman–Crippen LogP) is 1.60. The second-order valence-corrected chi connectivity index (χ2v) is 3.79. The molecule has 0 aliphatic heterocycles. The second-order valence-electron chi connectivity index (χ2n) is 3.79. The van der Waals surface area contributed by atoms with Crippen molar-refractivity contribution in [3.8, 4) is 5.88 Å². The predicted molar refractivity (Wildman–Crippen MR) is 65.2 cm³/mol. The summed E-state index contributed by atoms with van der Waals surface area (Å²) in [5.41, 5.74) is 1.57. The Balaban J connectivity index is 2.63. The van der Waals surface area contributed by atoms with Gasteiger partial charge in [-0.25, -0.2) is 4.98 Å². The van der Waals surface area contributed by atoms with Crippen LogP contribution in [0.1, 0.15) is 26.3 Å². The molecule has 1 aromatic rings. The standard InChI is InChI=1S/C12H18N2O3/c1-9(2)17-12-5-4-11(8-13-12)10(3)14-16-7-6-15/h4-5,8-9,15H,6-7H2,1-3H3. The molecular formula is C12H18N2O3. The van der Waals surface area contributed by atoms with Crippen molar-refractivity contribution in [3.63, 3.8) is 0 Å². The minimum Gasteiger partial charge on any atom is -0.475 e. The average Bonchev–Trinajstić information content (AvgIpc) is 2.29. The molecule has 17 heavy (non-hydrogen) atoms. The Morgan fingerprint density at radius 3 is 2.76 bits per heavy atom. The Labute approximate surface area is 101 Å². The highest BCUT2D eigenvalue weighted by atomic mass is 16.6. The molecule has 0 saturated carbocycles. The summed E-state index contributed by atoms with van der Waals surface area (Å²) in [4.78, 5) is 9.03. The Kier molecular flexibility index (Phi) is 5.42. The fourth-order valence-corrected chi connectivity index (χ4v) is 1.14. The van der Waals surface area contributed by atoms with E-state index in [1.165, 1.54) is 0 Å². The molecule has 0 unspecified atom stereocenters. The molecule has 0 radical (unpaired) electrons. The zero-order valence-electron chi connectivity index (χ0n) is 10.4. The molecule has 5 nitrogen and oxygen atoms in total. The van der Waals surface area contributed by atoms with Gasteiger partial charge in [-0.3, -0.25) is 0 Å². The van der Waals surface area contributed by atoms with Gasteiger partial charge in [-0.05, 0) is 26.8 Å². The van der Waals surface area contributed by atoms with Crippen molar-refractivity contribution in [3.05, 3.63) is 23.9 Å². The van der Waals surface area contributed by atoms with Gasteiger partial charge >= 0.3 is 0 Å². The molecule has 1 heterocycles. The molecule has 1 N–H and O–H groups in total. The fourth-order valence-electron chi connectivity index (χ4n) is 1.14. The highest BCUT2D eigenvalue weighted by Crippen LogP contribution is 2.10. The molecule has 0 aliphatic carbocycles. The Morgan fingerprint density at radius 2 is 2.24 bits per heavy atom. The third-order valence-corrected chi connectivity index (χ3v) is 1.89. The topological polar surface area (TPSA) is 63.9 Å². The third-order valence-electron chi connectivity index (χ3n) is 1.89. The molecule has 0 saturated heterocycles. The SMILES string of the molecule is CC(=NOCCO)c1ccc(OC(C)C)nc1. The maximum absolute atomic E-state index is 8.55. The first kappa shape index (κ1) is 13.4. The zero-order valence-corrected chi connectivity index (χ0v) is 10.4. The fraction of sp³-hybridized carbons (Fsp3) is 0.500. The first-order chi connectivity index (χ1) is 8.13. The lowest BCUT2D eigenvalue weighted by atomic mass is 10.2. The Bertz CT molecular complexity index is 361. The van der Waals surface area contributed by atoms with Crippen LogP contribution in [0.2, 0.25) is 0 Å². The van der Waals surface area contributed by atoms with Crippen molar-refractivity contribution in [2.75, 3.05) is 13.2 Å². The van der Waals surface area contributed by atoms with Gasteiger partial charge in [0.05, 0.1) is 18.4 Å². The molecule has 0 bridgehead atoms. The van der Waals surface area contributed by atoms with Crippen LogP contribution >= 0.6 is 0 Å². The molecule has 1 aromatic heterocycles. The normalized spacial score (nSPS) is 11.7. The number of aromatic nitrogens is 1. The quantitative estimate of drug-likeness (QED) is 0.464. The second kappa shape index (κ2) is 6.85. The maximum Gasteiger partial charge on any atom is 0.213 e.